The third-order valence-corrected chi connectivity index (χ3v) is 5.21. The summed E-state index contributed by atoms with van der Waals surface area (Å²) in [7, 11) is -2.21. The lowest BCUT2D eigenvalue weighted by Crippen LogP contribution is -2.39. The monoisotopic (exact) mass is 369 g/mol. The average Bonchev–Trinajstić information content (AvgIpc) is 2.96. The molecule has 10 heteroatoms. The normalized spacial score (nSPS) is 12.8. The van der Waals surface area contributed by atoms with Gasteiger partial charge in [-0.25, -0.2) is 22.5 Å². The van der Waals surface area contributed by atoms with Crippen LogP contribution in [0.2, 0.25) is 0 Å². The highest BCUT2D eigenvalue weighted by atomic mass is 32.2. The quantitative estimate of drug-likeness (QED) is 0.751. The van der Waals surface area contributed by atoms with Gasteiger partial charge in [0.2, 0.25) is 15.9 Å². The molecule has 0 bridgehead atoms. The van der Waals surface area contributed by atoms with Crippen LogP contribution >= 0.6 is 0 Å². The van der Waals surface area contributed by atoms with E-state index in [0.29, 0.717) is 12.2 Å². The second kappa shape index (κ2) is 7.70. The molecule has 0 aliphatic heterocycles. The minimum atomic E-state index is -3.92. The topological polar surface area (TPSA) is 106 Å². The molecule has 0 aliphatic rings. The maximum Gasteiger partial charge on any atom is 0.241 e. The van der Waals surface area contributed by atoms with E-state index in [9.17, 15) is 17.6 Å². The molecule has 0 spiro atoms. The molecule has 136 valence electrons. The lowest BCUT2D eigenvalue weighted by Gasteiger charge is -2.16. The van der Waals surface area contributed by atoms with Gasteiger partial charge in [0.05, 0.1) is 17.5 Å². The van der Waals surface area contributed by atoms with Gasteiger partial charge in [0.25, 0.3) is 0 Å². The van der Waals surface area contributed by atoms with Gasteiger partial charge in [-0.05, 0) is 37.1 Å². The van der Waals surface area contributed by atoms with Gasteiger partial charge in [-0.3, -0.25) is 9.48 Å². The Labute approximate surface area is 145 Å². The molecule has 1 aromatic carbocycles. The summed E-state index contributed by atoms with van der Waals surface area (Å²) in [5.41, 5.74) is 0.262. The van der Waals surface area contributed by atoms with Gasteiger partial charge >= 0.3 is 0 Å². The SMILES string of the molecule is CC[C@H](NC(=O)CNS(=O)(=O)c1ccc(F)cc1C)c1ncnn1C. The van der Waals surface area contributed by atoms with Crippen LogP contribution in [0.4, 0.5) is 4.39 Å². The number of rotatable bonds is 7. The number of halogens is 1. The summed E-state index contributed by atoms with van der Waals surface area (Å²) < 4.78 is 41.4. The predicted octanol–water partition coefficient (Wildman–Crippen LogP) is 0.808. The van der Waals surface area contributed by atoms with Gasteiger partial charge in [0.15, 0.2) is 0 Å². The third-order valence-electron chi connectivity index (χ3n) is 3.65. The van der Waals surface area contributed by atoms with Crippen molar-refractivity contribution in [2.45, 2.75) is 31.2 Å². The van der Waals surface area contributed by atoms with Gasteiger partial charge in [-0.1, -0.05) is 6.92 Å². The molecule has 1 aromatic heterocycles. The van der Waals surface area contributed by atoms with E-state index in [1.807, 2.05) is 6.92 Å². The van der Waals surface area contributed by atoms with Crippen LogP contribution in [0.5, 0.6) is 0 Å². The van der Waals surface area contributed by atoms with Crippen LogP contribution in [0.15, 0.2) is 29.4 Å². The van der Waals surface area contributed by atoms with E-state index in [2.05, 4.69) is 20.1 Å². The van der Waals surface area contributed by atoms with Gasteiger partial charge in [-0.2, -0.15) is 5.10 Å². The molecule has 1 amide bonds. The number of hydrogen-bond acceptors (Lipinski definition) is 5. The second-order valence-electron chi connectivity index (χ2n) is 5.50. The Morgan fingerprint density at radius 1 is 1.40 bits per heavy atom. The highest BCUT2D eigenvalue weighted by Crippen LogP contribution is 2.16. The molecule has 8 nitrogen and oxygen atoms in total. The van der Waals surface area contributed by atoms with Gasteiger partial charge in [0, 0.05) is 7.05 Å². The number of sulfonamides is 1. The predicted molar refractivity (Wildman–Crippen MR) is 88.5 cm³/mol. The lowest BCUT2D eigenvalue weighted by atomic mass is 10.2. The van der Waals surface area contributed by atoms with Crippen molar-refractivity contribution in [2.75, 3.05) is 6.54 Å². The Morgan fingerprint density at radius 2 is 2.12 bits per heavy atom. The van der Waals surface area contributed by atoms with Crippen LogP contribution in [0.3, 0.4) is 0 Å². The Bertz CT molecular complexity index is 866. The molecule has 0 aliphatic carbocycles. The van der Waals surface area contributed by atoms with Gasteiger partial charge in [-0.15, -0.1) is 0 Å². The van der Waals surface area contributed by atoms with Gasteiger partial charge in [0.1, 0.15) is 18.0 Å². The highest BCUT2D eigenvalue weighted by molar-refractivity contribution is 7.89. The van der Waals surface area contributed by atoms with Crippen LogP contribution in [-0.2, 0) is 21.9 Å². The number of nitrogens with zero attached hydrogens (tertiary/aromatic N) is 3. The van der Waals surface area contributed by atoms with Crippen LogP contribution in [0, 0.1) is 12.7 Å². The van der Waals surface area contributed by atoms with Crippen molar-refractivity contribution in [3.63, 3.8) is 0 Å². The summed E-state index contributed by atoms with van der Waals surface area (Å²) in [4.78, 5) is 16.1. The summed E-state index contributed by atoms with van der Waals surface area (Å²) in [6, 6.07) is 2.97. The molecule has 0 fully saturated rings. The van der Waals surface area contributed by atoms with E-state index in [-0.39, 0.29) is 16.5 Å². The fourth-order valence-corrected chi connectivity index (χ4v) is 3.57. The Balaban J connectivity index is 2.02. The van der Waals surface area contributed by atoms with Crippen molar-refractivity contribution in [2.24, 2.45) is 7.05 Å². The summed E-state index contributed by atoms with van der Waals surface area (Å²) in [6.07, 6.45) is 1.95. The van der Waals surface area contributed by atoms with Crippen molar-refractivity contribution in [1.29, 1.82) is 0 Å². The fraction of sp³-hybridized carbons (Fsp3) is 0.400. The van der Waals surface area contributed by atoms with Crippen molar-refractivity contribution < 1.29 is 17.6 Å². The first-order chi connectivity index (χ1) is 11.7. The Hall–Kier alpha value is -2.33. The highest BCUT2D eigenvalue weighted by Gasteiger charge is 2.21. The third kappa shape index (κ3) is 4.60. The minimum Gasteiger partial charge on any atom is -0.345 e. The first kappa shape index (κ1) is 19.0. The van der Waals surface area contributed by atoms with Crippen LogP contribution < -0.4 is 10.0 Å². The van der Waals surface area contributed by atoms with E-state index < -0.39 is 28.3 Å². The number of benzene rings is 1. The Kier molecular flexibility index (Phi) is 5.85. The molecular formula is C15H20FN5O3S. The molecule has 0 radical (unpaired) electrons. The number of hydrogen-bond donors (Lipinski definition) is 2. The number of nitrogens with one attached hydrogen (secondary N) is 2. The standard InChI is InChI=1S/C15H20FN5O3S/c1-4-12(15-17-9-18-21(15)3)20-14(22)8-19-25(23,24)13-6-5-11(16)7-10(13)2/h5-7,9,12,19H,4,8H2,1-3H3,(H,20,22)/t12-/m0/s1. The van der Waals surface area contributed by atoms with E-state index >= 15 is 0 Å². The average molecular weight is 369 g/mol. The van der Waals surface area contributed by atoms with Crippen molar-refractivity contribution in [1.82, 2.24) is 24.8 Å². The minimum absolute atomic E-state index is 0.0676. The summed E-state index contributed by atoms with van der Waals surface area (Å²) in [6.45, 7) is 2.91. The number of amides is 1. The van der Waals surface area contributed by atoms with Crippen LogP contribution in [0.25, 0.3) is 0 Å². The number of carbonyl (C=O) groups is 1. The zero-order valence-electron chi connectivity index (χ0n) is 14.2. The molecule has 0 saturated carbocycles. The maximum atomic E-state index is 13.1. The molecule has 0 saturated heterocycles. The first-order valence-electron chi connectivity index (χ1n) is 7.63. The van der Waals surface area contributed by atoms with E-state index in [0.717, 1.165) is 12.1 Å². The first-order valence-corrected chi connectivity index (χ1v) is 9.12. The smallest absolute Gasteiger partial charge is 0.241 e. The van der Waals surface area contributed by atoms with Crippen LogP contribution in [0.1, 0.15) is 30.8 Å². The second-order valence-corrected chi connectivity index (χ2v) is 7.24. The van der Waals surface area contributed by atoms with Crippen LogP contribution in [-0.4, -0.2) is 35.6 Å². The maximum absolute atomic E-state index is 13.1. The number of aryl methyl sites for hydroxylation is 2. The lowest BCUT2D eigenvalue weighted by molar-refractivity contribution is -0.120. The summed E-state index contributed by atoms with van der Waals surface area (Å²) >= 11 is 0. The molecular weight excluding hydrogens is 349 g/mol. The van der Waals surface area contributed by atoms with Crippen molar-refractivity contribution >= 4 is 15.9 Å². The van der Waals surface area contributed by atoms with E-state index in [1.54, 1.807) is 11.7 Å². The number of aromatic nitrogens is 3. The Morgan fingerprint density at radius 3 is 2.68 bits per heavy atom. The number of carbonyl (C=O) groups excluding carboxylic acids is 1. The van der Waals surface area contributed by atoms with E-state index in [1.165, 1.54) is 19.3 Å². The zero-order valence-corrected chi connectivity index (χ0v) is 15.0. The summed E-state index contributed by atoms with van der Waals surface area (Å²) in [5, 5.41) is 6.66. The molecule has 2 N–H and O–H groups in total. The molecule has 1 atom stereocenters. The molecule has 25 heavy (non-hydrogen) atoms. The molecule has 0 unspecified atom stereocenters. The largest absolute Gasteiger partial charge is 0.345 e. The molecule has 2 rings (SSSR count). The molecule has 1 heterocycles. The zero-order chi connectivity index (χ0) is 18.6. The fourth-order valence-electron chi connectivity index (χ4n) is 2.37. The van der Waals surface area contributed by atoms with E-state index in [4.69, 9.17) is 0 Å². The van der Waals surface area contributed by atoms with Crippen molar-refractivity contribution in [3.8, 4) is 0 Å². The summed E-state index contributed by atoms with van der Waals surface area (Å²) in [5.74, 6) is -0.449. The molecule has 2 aromatic rings. The van der Waals surface area contributed by atoms with Crippen molar-refractivity contribution in [3.05, 3.63) is 41.7 Å². The van der Waals surface area contributed by atoms with Gasteiger partial charge < -0.3 is 5.32 Å².